The topological polar surface area (TPSA) is 97.1 Å². The lowest BCUT2D eigenvalue weighted by Crippen LogP contribution is -2.47. The summed E-state index contributed by atoms with van der Waals surface area (Å²) in [5, 5.41) is 3.47. The number of piperidine rings is 2. The van der Waals surface area contributed by atoms with Crippen LogP contribution in [0.3, 0.4) is 0 Å². The summed E-state index contributed by atoms with van der Waals surface area (Å²) in [4.78, 5) is 29.7. The van der Waals surface area contributed by atoms with Crippen molar-refractivity contribution >= 4 is 29.1 Å². The summed E-state index contributed by atoms with van der Waals surface area (Å²) in [7, 11) is 1.51. The maximum Gasteiger partial charge on any atom is 0.255 e. The zero-order valence-corrected chi connectivity index (χ0v) is 21.2. The van der Waals surface area contributed by atoms with E-state index in [1.54, 1.807) is 12.1 Å². The van der Waals surface area contributed by atoms with Crippen LogP contribution in [0.15, 0.2) is 12.1 Å². The van der Waals surface area contributed by atoms with E-state index in [2.05, 4.69) is 10.2 Å². The highest BCUT2D eigenvalue weighted by molar-refractivity contribution is 6.33. The smallest absolute Gasteiger partial charge is 0.255 e. The molecule has 34 heavy (non-hydrogen) atoms. The van der Waals surface area contributed by atoms with Crippen molar-refractivity contribution in [2.75, 3.05) is 58.8 Å². The quantitative estimate of drug-likeness (QED) is 0.383. The summed E-state index contributed by atoms with van der Waals surface area (Å²) in [5.74, 6) is 1.12. The first-order valence-corrected chi connectivity index (χ1v) is 12.8. The van der Waals surface area contributed by atoms with Crippen molar-refractivity contribution in [3.63, 3.8) is 0 Å². The molecule has 2 fully saturated rings. The number of methoxy groups -OCH3 is 1. The Balaban J connectivity index is 1.37. The monoisotopic (exact) mass is 494 g/mol. The van der Waals surface area contributed by atoms with Crippen LogP contribution in [0.1, 0.15) is 55.8 Å². The molecule has 0 bridgehead atoms. The van der Waals surface area contributed by atoms with Crippen LogP contribution in [0.2, 0.25) is 5.02 Å². The molecule has 0 saturated carbocycles. The molecule has 9 heteroatoms. The zero-order valence-electron chi connectivity index (χ0n) is 20.5. The molecule has 2 aliphatic heterocycles. The molecule has 1 aromatic carbocycles. The number of halogens is 1. The SMILES string of the molecule is CCOCCCC(=O)N1CCC(CN2CCC(NC(=O)c3cc(Cl)c(N)cc3OC)CC2)CC1. The third-order valence-electron chi connectivity index (χ3n) is 6.85. The standard InChI is InChI=1S/C25H39ClN4O4/c1-3-34-14-4-5-24(31)30-12-6-18(7-13-30)17-29-10-8-19(9-11-29)28-25(32)20-15-21(26)22(27)16-23(20)33-2/h15-16,18-19H,3-14,17,27H2,1-2H3,(H,28,32). The number of carbonyl (C=O) groups excluding carboxylic acids is 2. The second-order valence-electron chi connectivity index (χ2n) is 9.25. The van der Waals surface area contributed by atoms with Crippen molar-refractivity contribution in [2.45, 2.75) is 51.5 Å². The molecule has 3 rings (SSSR count). The molecule has 2 saturated heterocycles. The Labute approximate surface area is 208 Å². The third kappa shape index (κ3) is 7.48. The molecular weight excluding hydrogens is 456 g/mol. The van der Waals surface area contributed by atoms with Crippen molar-refractivity contribution in [1.29, 1.82) is 0 Å². The number of hydrogen-bond donors (Lipinski definition) is 2. The molecule has 0 spiro atoms. The van der Waals surface area contributed by atoms with E-state index >= 15 is 0 Å². The Hall–Kier alpha value is -2.03. The van der Waals surface area contributed by atoms with Gasteiger partial charge in [-0.2, -0.15) is 0 Å². The van der Waals surface area contributed by atoms with Gasteiger partial charge in [-0.1, -0.05) is 11.6 Å². The van der Waals surface area contributed by atoms with Gasteiger partial charge in [0.05, 0.1) is 23.4 Å². The first kappa shape index (κ1) is 26.6. The van der Waals surface area contributed by atoms with Gasteiger partial charge in [-0.05, 0) is 51.0 Å². The Morgan fingerprint density at radius 1 is 1.15 bits per heavy atom. The van der Waals surface area contributed by atoms with E-state index in [1.165, 1.54) is 7.11 Å². The number of carbonyl (C=O) groups is 2. The highest BCUT2D eigenvalue weighted by Crippen LogP contribution is 2.29. The number of amides is 2. The van der Waals surface area contributed by atoms with Crippen LogP contribution in [0.5, 0.6) is 5.75 Å². The fourth-order valence-corrected chi connectivity index (χ4v) is 4.96. The van der Waals surface area contributed by atoms with Crippen LogP contribution in [0.25, 0.3) is 0 Å². The van der Waals surface area contributed by atoms with E-state index in [9.17, 15) is 9.59 Å². The second kappa shape index (κ2) is 13.2. The molecule has 2 amide bonds. The number of nitrogens with two attached hydrogens (primary N) is 1. The first-order valence-electron chi connectivity index (χ1n) is 12.4. The number of hydrogen-bond acceptors (Lipinski definition) is 6. The minimum absolute atomic E-state index is 0.126. The Kier molecular flexibility index (Phi) is 10.3. The van der Waals surface area contributed by atoms with E-state index in [1.807, 2.05) is 11.8 Å². The average Bonchev–Trinajstić information content (AvgIpc) is 2.84. The number of rotatable bonds is 10. The van der Waals surface area contributed by atoms with Crippen LogP contribution >= 0.6 is 11.6 Å². The molecule has 2 aliphatic rings. The first-order chi connectivity index (χ1) is 16.4. The lowest BCUT2D eigenvalue weighted by Gasteiger charge is -2.38. The average molecular weight is 495 g/mol. The number of ether oxygens (including phenoxy) is 2. The molecule has 0 aromatic heterocycles. The molecule has 0 atom stereocenters. The third-order valence-corrected chi connectivity index (χ3v) is 7.18. The molecule has 190 valence electrons. The summed E-state index contributed by atoms with van der Waals surface area (Å²) in [6, 6.07) is 3.27. The van der Waals surface area contributed by atoms with Gasteiger partial charge < -0.3 is 30.3 Å². The van der Waals surface area contributed by atoms with Crippen molar-refractivity contribution in [2.24, 2.45) is 5.92 Å². The summed E-state index contributed by atoms with van der Waals surface area (Å²) < 4.78 is 10.6. The molecule has 1 aromatic rings. The van der Waals surface area contributed by atoms with Crippen LogP contribution in [-0.2, 0) is 9.53 Å². The number of nitrogens with zero attached hydrogens (tertiary/aromatic N) is 2. The Morgan fingerprint density at radius 2 is 1.85 bits per heavy atom. The maximum atomic E-state index is 12.8. The number of anilines is 1. The number of nitrogens with one attached hydrogen (secondary N) is 1. The zero-order chi connectivity index (χ0) is 24.5. The van der Waals surface area contributed by atoms with Crippen molar-refractivity contribution in [3.05, 3.63) is 22.7 Å². The fraction of sp³-hybridized carbons (Fsp3) is 0.680. The molecule has 0 unspecified atom stereocenters. The van der Waals surface area contributed by atoms with Crippen LogP contribution in [0, 0.1) is 5.92 Å². The van der Waals surface area contributed by atoms with E-state index in [-0.39, 0.29) is 17.9 Å². The van der Waals surface area contributed by atoms with Crippen LogP contribution in [0.4, 0.5) is 5.69 Å². The summed E-state index contributed by atoms with van der Waals surface area (Å²) in [5.41, 5.74) is 6.62. The summed E-state index contributed by atoms with van der Waals surface area (Å²) in [6.07, 6.45) is 5.33. The minimum atomic E-state index is -0.185. The molecule has 0 aliphatic carbocycles. The van der Waals surface area contributed by atoms with Gasteiger partial charge in [-0.25, -0.2) is 0 Å². The highest BCUT2D eigenvalue weighted by atomic mass is 35.5. The molecular formula is C25H39ClN4O4. The molecule has 2 heterocycles. The summed E-state index contributed by atoms with van der Waals surface area (Å²) >= 11 is 6.11. The Bertz CT molecular complexity index is 821. The van der Waals surface area contributed by atoms with Gasteiger partial charge in [0.25, 0.3) is 5.91 Å². The van der Waals surface area contributed by atoms with Crippen LogP contribution in [-0.4, -0.2) is 80.7 Å². The van der Waals surface area contributed by atoms with E-state index in [0.29, 0.717) is 47.6 Å². The lowest BCUT2D eigenvalue weighted by molar-refractivity contribution is -0.133. The van der Waals surface area contributed by atoms with Crippen LogP contribution < -0.4 is 15.8 Å². The van der Waals surface area contributed by atoms with Crippen molar-refractivity contribution < 1.29 is 19.1 Å². The molecule has 8 nitrogen and oxygen atoms in total. The van der Waals surface area contributed by atoms with Gasteiger partial charge >= 0.3 is 0 Å². The minimum Gasteiger partial charge on any atom is -0.496 e. The molecule has 0 radical (unpaired) electrons. The van der Waals surface area contributed by atoms with Crippen molar-refractivity contribution in [1.82, 2.24) is 15.1 Å². The van der Waals surface area contributed by atoms with Gasteiger partial charge in [-0.15, -0.1) is 0 Å². The Morgan fingerprint density at radius 3 is 2.50 bits per heavy atom. The molecule has 3 N–H and O–H groups in total. The van der Waals surface area contributed by atoms with Crippen molar-refractivity contribution in [3.8, 4) is 5.75 Å². The van der Waals surface area contributed by atoms with Gasteiger partial charge in [0.2, 0.25) is 5.91 Å². The van der Waals surface area contributed by atoms with E-state index < -0.39 is 0 Å². The van der Waals surface area contributed by atoms with Gasteiger partial charge in [-0.3, -0.25) is 9.59 Å². The number of benzene rings is 1. The second-order valence-corrected chi connectivity index (χ2v) is 9.65. The number of likely N-dealkylation sites (tertiary alicyclic amines) is 2. The highest BCUT2D eigenvalue weighted by Gasteiger charge is 2.27. The van der Waals surface area contributed by atoms with Gasteiger partial charge in [0, 0.05) is 64.5 Å². The largest absolute Gasteiger partial charge is 0.496 e. The fourth-order valence-electron chi connectivity index (χ4n) is 4.80. The lowest BCUT2D eigenvalue weighted by atomic mass is 9.94. The summed E-state index contributed by atoms with van der Waals surface area (Å²) in [6.45, 7) is 8.04. The predicted octanol–water partition coefficient (Wildman–Crippen LogP) is 3.18. The normalized spacial score (nSPS) is 18.1. The predicted molar refractivity (Wildman–Crippen MR) is 134 cm³/mol. The van der Waals surface area contributed by atoms with E-state index in [4.69, 9.17) is 26.8 Å². The van der Waals surface area contributed by atoms with Gasteiger partial charge in [0.15, 0.2) is 0 Å². The maximum absolute atomic E-state index is 12.8. The van der Waals surface area contributed by atoms with E-state index in [0.717, 1.165) is 64.8 Å². The number of nitrogen functional groups attached to an aromatic ring is 1. The van der Waals surface area contributed by atoms with Gasteiger partial charge in [0.1, 0.15) is 5.75 Å².